The summed E-state index contributed by atoms with van der Waals surface area (Å²) >= 11 is 0. The highest BCUT2D eigenvalue weighted by molar-refractivity contribution is 5.35. The van der Waals surface area contributed by atoms with Crippen molar-refractivity contribution in [2.24, 2.45) is 30.0 Å². The fraction of sp³-hybridized carbons (Fsp3) is 0.800. The van der Waals surface area contributed by atoms with Gasteiger partial charge < -0.3 is 15.6 Å². The van der Waals surface area contributed by atoms with E-state index in [1.165, 1.54) is 19.3 Å². The van der Waals surface area contributed by atoms with Gasteiger partial charge in [0.05, 0.1) is 24.5 Å². The predicted octanol–water partition coefficient (Wildman–Crippen LogP) is 1.54. The number of rotatable bonds is 4. The Kier molecular flexibility index (Phi) is 3.29. The smallest absolute Gasteiger partial charge is 0.217 e. The molecule has 20 heavy (non-hydrogen) atoms. The zero-order valence-electron chi connectivity index (χ0n) is 12.6. The quantitative estimate of drug-likeness (QED) is 0.876. The third-order valence-corrected chi connectivity index (χ3v) is 5.63. The number of methoxy groups -OCH3 is 1. The van der Waals surface area contributed by atoms with Crippen LogP contribution in [0.15, 0.2) is 0 Å². The van der Waals surface area contributed by atoms with Crippen molar-refractivity contribution in [3.05, 3.63) is 11.3 Å². The van der Waals surface area contributed by atoms with Crippen molar-refractivity contribution in [2.45, 2.75) is 38.7 Å². The lowest BCUT2D eigenvalue weighted by Gasteiger charge is -2.41. The van der Waals surface area contributed by atoms with Gasteiger partial charge in [0.2, 0.25) is 5.88 Å². The van der Waals surface area contributed by atoms with E-state index >= 15 is 0 Å². The first-order valence-electron chi connectivity index (χ1n) is 7.49. The maximum absolute atomic E-state index is 11.1. The van der Waals surface area contributed by atoms with E-state index in [4.69, 9.17) is 10.5 Å². The van der Waals surface area contributed by atoms with E-state index in [9.17, 15) is 5.11 Å². The van der Waals surface area contributed by atoms with Crippen LogP contribution in [0.5, 0.6) is 5.88 Å². The van der Waals surface area contributed by atoms with Crippen LogP contribution in [-0.4, -0.2) is 28.5 Å². The molecule has 2 saturated carbocycles. The summed E-state index contributed by atoms with van der Waals surface area (Å²) in [6.07, 6.45) is 4.16. The Morgan fingerprint density at radius 2 is 2.30 bits per heavy atom. The number of aliphatic hydroxyl groups excluding tert-OH is 1. The second-order valence-electron chi connectivity index (χ2n) is 6.55. The van der Waals surface area contributed by atoms with Crippen molar-refractivity contribution in [1.29, 1.82) is 0 Å². The van der Waals surface area contributed by atoms with Crippen molar-refractivity contribution in [3.63, 3.8) is 0 Å². The van der Waals surface area contributed by atoms with Crippen LogP contribution >= 0.6 is 0 Å². The normalized spacial score (nSPS) is 33.6. The van der Waals surface area contributed by atoms with Gasteiger partial charge >= 0.3 is 0 Å². The molecule has 3 N–H and O–H groups in total. The molecule has 0 spiro atoms. The minimum absolute atomic E-state index is 0.190. The van der Waals surface area contributed by atoms with E-state index in [0.29, 0.717) is 18.3 Å². The minimum Gasteiger partial charge on any atom is -0.481 e. The molecule has 5 heteroatoms. The molecule has 0 aliphatic heterocycles. The number of nitrogens with zero attached hydrogens (tertiary/aromatic N) is 2. The zero-order valence-corrected chi connectivity index (χ0v) is 12.6. The number of ether oxygens (including phenoxy) is 1. The van der Waals surface area contributed by atoms with Gasteiger partial charge in [-0.05, 0) is 38.0 Å². The topological polar surface area (TPSA) is 73.3 Å². The minimum atomic E-state index is -0.577. The maximum atomic E-state index is 11.1. The molecule has 2 fully saturated rings. The van der Waals surface area contributed by atoms with Gasteiger partial charge in [-0.3, -0.25) is 0 Å². The Bertz CT molecular complexity index is 513. The highest BCUT2D eigenvalue weighted by atomic mass is 16.5. The van der Waals surface area contributed by atoms with Gasteiger partial charge in [0.25, 0.3) is 0 Å². The average molecular weight is 279 g/mol. The van der Waals surface area contributed by atoms with Gasteiger partial charge in [0, 0.05) is 19.0 Å². The monoisotopic (exact) mass is 279 g/mol. The third kappa shape index (κ3) is 1.72. The molecule has 1 aromatic rings. The molecule has 5 nitrogen and oxygen atoms in total. The van der Waals surface area contributed by atoms with Crippen LogP contribution in [0.4, 0.5) is 0 Å². The summed E-state index contributed by atoms with van der Waals surface area (Å²) in [4.78, 5) is 0. The summed E-state index contributed by atoms with van der Waals surface area (Å²) in [6.45, 7) is 2.46. The van der Waals surface area contributed by atoms with Gasteiger partial charge in [-0.25, -0.2) is 4.68 Å². The molecule has 0 aromatic carbocycles. The van der Waals surface area contributed by atoms with Crippen molar-refractivity contribution in [3.8, 4) is 5.88 Å². The molecular formula is C15H25N3O2. The summed E-state index contributed by atoms with van der Waals surface area (Å²) in [7, 11) is 3.47. The van der Waals surface area contributed by atoms with E-state index in [0.717, 1.165) is 23.6 Å². The molecule has 2 bridgehead atoms. The number of hydrogen-bond acceptors (Lipinski definition) is 4. The molecule has 0 saturated heterocycles. The molecular weight excluding hydrogens is 254 g/mol. The first-order valence-corrected chi connectivity index (χ1v) is 7.49. The molecule has 1 heterocycles. The van der Waals surface area contributed by atoms with Crippen LogP contribution in [-0.2, 0) is 7.05 Å². The number of aromatic nitrogens is 2. The molecule has 0 radical (unpaired) electrons. The van der Waals surface area contributed by atoms with Crippen molar-refractivity contribution < 1.29 is 9.84 Å². The summed E-state index contributed by atoms with van der Waals surface area (Å²) in [5.74, 6) is 1.93. The Hall–Kier alpha value is -1.07. The van der Waals surface area contributed by atoms with Crippen molar-refractivity contribution in [2.75, 3.05) is 13.7 Å². The first-order chi connectivity index (χ1) is 9.53. The zero-order chi connectivity index (χ0) is 14.5. The standard InChI is InChI=1S/C15H25N3O2/c1-9-12(14(20-3)18(2)17-9)13(19)15(8-16)7-10-4-5-11(15)6-10/h10-11,13,19H,4-8,16H2,1-3H3. The van der Waals surface area contributed by atoms with Crippen LogP contribution in [0, 0.1) is 24.2 Å². The largest absolute Gasteiger partial charge is 0.481 e. The number of hydrogen-bond donors (Lipinski definition) is 2. The van der Waals surface area contributed by atoms with E-state index in [2.05, 4.69) is 5.10 Å². The average Bonchev–Trinajstić information content (AvgIpc) is 3.10. The lowest BCUT2D eigenvalue weighted by atomic mass is 9.67. The Balaban J connectivity index is 2.01. The second kappa shape index (κ2) is 4.74. The first kappa shape index (κ1) is 13.9. The highest BCUT2D eigenvalue weighted by Crippen LogP contribution is 2.61. The van der Waals surface area contributed by atoms with Crippen molar-refractivity contribution in [1.82, 2.24) is 9.78 Å². The summed E-state index contributed by atoms with van der Waals surface area (Å²) in [6, 6.07) is 0. The van der Waals surface area contributed by atoms with Crippen LogP contribution in [0.1, 0.15) is 43.0 Å². The SMILES string of the molecule is COc1c(C(O)C2(CN)CC3CCC2C3)c(C)nn1C. The number of aryl methyl sites for hydroxylation is 2. The number of nitrogens with two attached hydrogens (primary N) is 1. The molecule has 2 aliphatic rings. The van der Waals surface area contributed by atoms with Crippen LogP contribution in [0.2, 0.25) is 0 Å². The van der Waals surface area contributed by atoms with Crippen LogP contribution in [0.25, 0.3) is 0 Å². The van der Waals surface area contributed by atoms with Crippen molar-refractivity contribution >= 4 is 0 Å². The number of aliphatic hydroxyl groups is 1. The van der Waals surface area contributed by atoms with E-state index in [1.807, 2.05) is 14.0 Å². The maximum Gasteiger partial charge on any atom is 0.217 e. The van der Waals surface area contributed by atoms with E-state index in [1.54, 1.807) is 11.8 Å². The molecule has 2 aliphatic carbocycles. The van der Waals surface area contributed by atoms with E-state index in [-0.39, 0.29) is 5.41 Å². The van der Waals surface area contributed by atoms with Gasteiger partial charge in [0.15, 0.2) is 0 Å². The summed E-state index contributed by atoms with van der Waals surface area (Å²) in [5.41, 5.74) is 7.59. The van der Waals surface area contributed by atoms with Crippen LogP contribution < -0.4 is 10.5 Å². The van der Waals surface area contributed by atoms with Gasteiger partial charge in [-0.1, -0.05) is 6.42 Å². The molecule has 112 valence electrons. The van der Waals surface area contributed by atoms with Gasteiger partial charge in [0.1, 0.15) is 0 Å². The highest BCUT2D eigenvalue weighted by Gasteiger charge is 2.55. The lowest BCUT2D eigenvalue weighted by molar-refractivity contribution is -0.0148. The van der Waals surface area contributed by atoms with Gasteiger partial charge in [-0.2, -0.15) is 5.10 Å². The fourth-order valence-electron chi connectivity index (χ4n) is 4.68. The second-order valence-corrected chi connectivity index (χ2v) is 6.55. The third-order valence-electron chi connectivity index (χ3n) is 5.63. The molecule has 3 rings (SSSR count). The van der Waals surface area contributed by atoms with Gasteiger partial charge in [-0.15, -0.1) is 0 Å². The van der Waals surface area contributed by atoms with E-state index < -0.39 is 6.10 Å². The molecule has 4 atom stereocenters. The summed E-state index contributed by atoms with van der Waals surface area (Å²) in [5, 5.41) is 15.5. The predicted molar refractivity (Wildman–Crippen MR) is 76.4 cm³/mol. The fourth-order valence-corrected chi connectivity index (χ4v) is 4.68. The number of fused-ring (bicyclic) bond motifs is 2. The Morgan fingerprint density at radius 3 is 2.80 bits per heavy atom. The Labute approximate surface area is 120 Å². The molecule has 4 unspecified atom stereocenters. The molecule has 0 amide bonds. The molecule has 1 aromatic heterocycles. The summed E-state index contributed by atoms with van der Waals surface area (Å²) < 4.78 is 7.15. The Morgan fingerprint density at radius 1 is 1.55 bits per heavy atom. The van der Waals surface area contributed by atoms with Crippen LogP contribution in [0.3, 0.4) is 0 Å². The lowest BCUT2D eigenvalue weighted by Crippen LogP contribution is -2.41.